The Balaban J connectivity index is 2.13. The van der Waals surface area contributed by atoms with E-state index in [4.69, 9.17) is 5.73 Å². The molecule has 0 aliphatic heterocycles. The first-order chi connectivity index (χ1) is 9.45. The Labute approximate surface area is 113 Å². The first kappa shape index (κ1) is 13.8. The van der Waals surface area contributed by atoms with Crippen LogP contribution in [0.1, 0.15) is 5.56 Å². The summed E-state index contributed by atoms with van der Waals surface area (Å²) in [5, 5.41) is 11.6. The number of anilines is 2. The molecule has 0 fully saturated rings. The highest BCUT2D eigenvalue weighted by Crippen LogP contribution is 2.24. The van der Waals surface area contributed by atoms with E-state index in [0.717, 1.165) is 6.07 Å². The fourth-order valence-corrected chi connectivity index (χ4v) is 1.76. The summed E-state index contributed by atoms with van der Waals surface area (Å²) in [4.78, 5) is 11.8. The summed E-state index contributed by atoms with van der Waals surface area (Å²) >= 11 is 0. The monoisotopic (exact) mass is 278 g/mol. The maximum absolute atomic E-state index is 13.5. The van der Waals surface area contributed by atoms with Crippen LogP contribution in [0.2, 0.25) is 0 Å². The van der Waals surface area contributed by atoms with Crippen molar-refractivity contribution in [3.8, 4) is 5.75 Å². The fourth-order valence-electron chi connectivity index (χ4n) is 1.76. The Kier molecular flexibility index (Phi) is 3.84. The fraction of sp³-hybridized carbons (Fsp3) is 0.0714. The van der Waals surface area contributed by atoms with Gasteiger partial charge in [-0.15, -0.1) is 0 Å². The van der Waals surface area contributed by atoms with Gasteiger partial charge < -0.3 is 16.2 Å². The van der Waals surface area contributed by atoms with Gasteiger partial charge in [0.05, 0.1) is 12.1 Å². The molecule has 0 aromatic heterocycles. The molecule has 0 saturated heterocycles. The lowest BCUT2D eigenvalue weighted by Gasteiger charge is -2.09. The number of nitrogens with two attached hydrogens (primary N) is 1. The molecule has 0 saturated carbocycles. The van der Waals surface area contributed by atoms with Crippen LogP contribution in [-0.2, 0) is 11.2 Å². The molecule has 0 unspecified atom stereocenters. The third kappa shape index (κ3) is 3.23. The van der Waals surface area contributed by atoms with Crippen LogP contribution in [0, 0.1) is 11.6 Å². The molecule has 1 amide bonds. The van der Waals surface area contributed by atoms with Crippen LogP contribution in [0.25, 0.3) is 0 Å². The average molecular weight is 278 g/mol. The van der Waals surface area contributed by atoms with Crippen molar-refractivity contribution in [1.29, 1.82) is 0 Å². The standard InChI is InChI=1S/C14H12F2N2O2/c15-9-6-11(16)14(12(17)7-9)18-13(20)5-8-2-1-3-10(19)4-8/h1-4,6-7,19H,5,17H2,(H,18,20). The second-order valence-corrected chi connectivity index (χ2v) is 4.25. The number of hydrogen-bond donors (Lipinski definition) is 3. The molecule has 0 spiro atoms. The zero-order chi connectivity index (χ0) is 14.7. The number of phenolic OH excluding ortho intramolecular Hbond substituents is 1. The second-order valence-electron chi connectivity index (χ2n) is 4.25. The van der Waals surface area contributed by atoms with Crippen LogP contribution in [0.3, 0.4) is 0 Å². The summed E-state index contributed by atoms with van der Waals surface area (Å²) < 4.78 is 26.4. The minimum atomic E-state index is -0.938. The summed E-state index contributed by atoms with van der Waals surface area (Å²) in [6, 6.07) is 7.69. The second kappa shape index (κ2) is 5.56. The quantitative estimate of drug-likeness (QED) is 0.755. The van der Waals surface area contributed by atoms with Gasteiger partial charge in [-0.3, -0.25) is 4.79 Å². The van der Waals surface area contributed by atoms with Crippen LogP contribution < -0.4 is 11.1 Å². The van der Waals surface area contributed by atoms with Crippen molar-refractivity contribution in [2.24, 2.45) is 0 Å². The van der Waals surface area contributed by atoms with E-state index in [0.29, 0.717) is 11.6 Å². The normalized spacial score (nSPS) is 10.3. The van der Waals surface area contributed by atoms with Crippen molar-refractivity contribution in [2.45, 2.75) is 6.42 Å². The maximum atomic E-state index is 13.5. The largest absolute Gasteiger partial charge is 0.508 e. The van der Waals surface area contributed by atoms with Crippen molar-refractivity contribution in [2.75, 3.05) is 11.1 Å². The van der Waals surface area contributed by atoms with Crippen molar-refractivity contribution in [1.82, 2.24) is 0 Å². The van der Waals surface area contributed by atoms with Gasteiger partial charge in [-0.25, -0.2) is 8.78 Å². The highest BCUT2D eigenvalue weighted by atomic mass is 19.1. The van der Waals surface area contributed by atoms with E-state index in [1.807, 2.05) is 0 Å². The Bertz CT molecular complexity index is 636. The SMILES string of the molecule is Nc1cc(F)cc(F)c1NC(=O)Cc1cccc(O)c1. The number of amides is 1. The Morgan fingerprint density at radius 2 is 2.00 bits per heavy atom. The van der Waals surface area contributed by atoms with Crippen LogP contribution in [0.15, 0.2) is 36.4 Å². The van der Waals surface area contributed by atoms with E-state index >= 15 is 0 Å². The Hall–Kier alpha value is -2.63. The lowest BCUT2D eigenvalue weighted by Crippen LogP contribution is -2.16. The van der Waals surface area contributed by atoms with Gasteiger partial charge in [0.2, 0.25) is 5.91 Å². The summed E-state index contributed by atoms with van der Waals surface area (Å²) in [5.41, 5.74) is 5.57. The van der Waals surface area contributed by atoms with E-state index in [2.05, 4.69) is 5.32 Å². The number of carbonyl (C=O) groups excluding carboxylic acids is 1. The molecule has 0 aliphatic rings. The summed E-state index contributed by atoms with van der Waals surface area (Å²) in [6.07, 6.45) is -0.0648. The molecule has 6 heteroatoms. The van der Waals surface area contributed by atoms with E-state index in [9.17, 15) is 18.7 Å². The van der Waals surface area contributed by atoms with Gasteiger partial charge in [0, 0.05) is 6.07 Å². The zero-order valence-electron chi connectivity index (χ0n) is 10.4. The molecule has 104 valence electrons. The molecule has 2 aromatic rings. The van der Waals surface area contributed by atoms with Crippen LogP contribution in [-0.4, -0.2) is 11.0 Å². The molecule has 0 heterocycles. The van der Waals surface area contributed by atoms with Crippen LogP contribution in [0.4, 0.5) is 20.2 Å². The van der Waals surface area contributed by atoms with E-state index < -0.39 is 17.5 Å². The van der Waals surface area contributed by atoms with Gasteiger partial charge in [-0.2, -0.15) is 0 Å². The molecule has 20 heavy (non-hydrogen) atoms. The van der Waals surface area contributed by atoms with E-state index in [1.165, 1.54) is 12.1 Å². The van der Waals surface area contributed by atoms with Crippen molar-refractivity contribution in [3.63, 3.8) is 0 Å². The minimum Gasteiger partial charge on any atom is -0.508 e. The number of nitrogen functional groups attached to an aromatic ring is 1. The van der Waals surface area contributed by atoms with Crippen molar-refractivity contribution >= 4 is 17.3 Å². The summed E-state index contributed by atoms with van der Waals surface area (Å²) in [7, 11) is 0. The number of hydrogen-bond acceptors (Lipinski definition) is 3. The number of nitrogens with one attached hydrogen (secondary N) is 1. The number of carbonyl (C=O) groups is 1. The van der Waals surface area contributed by atoms with Crippen molar-refractivity contribution < 1.29 is 18.7 Å². The van der Waals surface area contributed by atoms with Gasteiger partial charge in [-0.05, 0) is 23.8 Å². The predicted molar refractivity (Wildman–Crippen MR) is 71.2 cm³/mol. The van der Waals surface area contributed by atoms with Gasteiger partial charge in [0.25, 0.3) is 0 Å². The smallest absolute Gasteiger partial charge is 0.228 e. The third-order valence-electron chi connectivity index (χ3n) is 2.63. The molecule has 0 bridgehead atoms. The lowest BCUT2D eigenvalue weighted by molar-refractivity contribution is -0.115. The Morgan fingerprint density at radius 1 is 1.25 bits per heavy atom. The number of halogens is 2. The first-order valence-electron chi connectivity index (χ1n) is 5.78. The van der Waals surface area contributed by atoms with Crippen LogP contribution >= 0.6 is 0 Å². The van der Waals surface area contributed by atoms with E-state index in [-0.39, 0.29) is 23.5 Å². The van der Waals surface area contributed by atoms with Gasteiger partial charge in [0.1, 0.15) is 17.3 Å². The summed E-state index contributed by atoms with van der Waals surface area (Å²) in [5.74, 6) is -2.24. The van der Waals surface area contributed by atoms with Crippen molar-refractivity contribution in [3.05, 3.63) is 53.6 Å². The van der Waals surface area contributed by atoms with Gasteiger partial charge >= 0.3 is 0 Å². The molecule has 0 radical (unpaired) electrons. The molecule has 0 aliphatic carbocycles. The molecular weight excluding hydrogens is 266 g/mol. The van der Waals surface area contributed by atoms with Crippen LogP contribution in [0.5, 0.6) is 5.75 Å². The predicted octanol–water partition coefficient (Wildman–Crippen LogP) is 2.43. The highest BCUT2D eigenvalue weighted by Gasteiger charge is 2.13. The lowest BCUT2D eigenvalue weighted by atomic mass is 10.1. The molecule has 4 N–H and O–H groups in total. The maximum Gasteiger partial charge on any atom is 0.228 e. The molecule has 4 nitrogen and oxygen atoms in total. The number of benzene rings is 2. The minimum absolute atomic E-state index is 0.0303. The molecule has 2 rings (SSSR count). The summed E-state index contributed by atoms with van der Waals surface area (Å²) in [6.45, 7) is 0. The van der Waals surface area contributed by atoms with E-state index in [1.54, 1.807) is 12.1 Å². The number of aromatic hydroxyl groups is 1. The Morgan fingerprint density at radius 3 is 2.65 bits per heavy atom. The first-order valence-corrected chi connectivity index (χ1v) is 5.78. The topological polar surface area (TPSA) is 75.3 Å². The molecule has 2 aromatic carbocycles. The van der Waals surface area contributed by atoms with Gasteiger partial charge in [-0.1, -0.05) is 12.1 Å². The highest BCUT2D eigenvalue weighted by molar-refractivity contribution is 5.95. The number of phenols is 1. The zero-order valence-corrected chi connectivity index (χ0v) is 10.4. The number of rotatable bonds is 3. The molecule has 0 atom stereocenters. The third-order valence-corrected chi connectivity index (χ3v) is 2.63. The average Bonchev–Trinajstić information content (AvgIpc) is 2.33. The molecular formula is C14H12F2N2O2. The van der Waals surface area contributed by atoms with Gasteiger partial charge in [0.15, 0.2) is 5.82 Å².